The molecular formula is C20H26N4O3. The Hall–Kier alpha value is -2.59. The standard InChI is InChI=1S/C20H26N4O3/c1-23(18-3-2-12-27-14-18)20(26)24-10-8-16(9-11-24)19(25)22-17-6-4-15(13-21)5-7-17/h4-7,16,18H,2-3,8-12,14H2,1H3,(H,22,25). The smallest absolute Gasteiger partial charge is 0.320 e. The molecule has 2 heterocycles. The molecule has 0 saturated carbocycles. The molecule has 144 valence electrons. The maximum atomic E-state index is 12.7. The third-order valence-corrected chi connectivity index (χ3v) is 5.40. The van der Waals surface area contributed by atoms with Gasteiger partial charge in [-0.25, -0.2) is 4.79 Å². The SMILES string of the molecule is CN(C(=O)N1CCC(C(=O)Nc2ccc(C#N)cc2)CC1)C1CCCOC1. The number of nitrogens with one attached hydrogen (secondary N) is 1. The second kappa shape index (κ2) is 8.87. The highest BCUT2D eigenvalue weighted by Gasteiger charge is 2.31. The van der Waals surface area contributed by atoms with Crippen LogP contribution in [0.4, 0.5) is 10.5 Å². The molecule has 1 N–H and O–H groups in total. The predicted molar refractivity (Wildman–Crippen MR) is 101 cm³/mol. The van der Waals surface area contributed by atoms with Crippen molar-refractivity contribution in [3.8, 4) is 6.07 Å². The van der Waals surface area contributed by atoms with Crippen LogP contribution in [0.25, 0.3) is 0 Å². The molecule has 0 radical (unpaired) electrons. The number of anilines is 1. The second-order valence-corrected chi connectivity index (χ2v) is 7.20. The predicted octanol–water partition coefficient (Wildman–Crippen LogP) is 2.44. The minimum atomic E-state index is -0.104. The first-order valence-electron chi connectivity index (χ1n) is 9.49. The summed E-state index contributed by atoms with van der Waals surface area (Å²) in [6.45, 7) is 2.55. The number of piperidine rings is 1. The van der Waals surface area contributed by atoms with Gasteiger partial charge in [0.2, 0.25) is 5.91 Å². The van der Waals surface area contributed by atoms with Crippen LogP contribution < -0.4 is 5.32 Å². The number of hydrogen-bond acceptors (Lipinski definition) is 4. The molecule has 0 bridgehead atoms. The molecule has 0 aromatic heterocycles. The summed E-state index contributed by atoms with van der Waals surface area (Å²) < 4.78 is 5.48. The topological polar surface area (TPSA) is 85.7 Å². The Balaban J connectivity index is 1.48. The molecule has 2 fully saturated rings. The quantitative estimate of drug-likeness (QED) is 0.885. The lowest BCUT2D eigenvalue weighted by molar-refractivity contribution is -0.121. The maximum Gasteiger partial charge on any atom is 0.320 e. The number of carbonyl (C=O) groups is 2. The van der Waals surface area contributed by atoms with E-state index >= 15 is 0 Å². The zero-order chi connectivity index (χ0) is 19.2. The largest absolute Gasteiger partial charge is 0.379 e. The Morgan fingerprint density at radius 2 is 1.93 bits per heavy atom. The number of hydrogen-bond donors (Lipinski definition) is 1. The van der Waals surface area contributed by atoms with E-state index in [4.69, 9.17) is 10.00 Å². The number of ether oxygens (including phenoxy) is 1. The Morgan fingerprint density at radius 1 is 1.22 bits per heavy atom. The van der Waals surface area contributed by atoms with Crippen molar-refractivity contribution in [1.82, 2.24) is 9.80 Å². The Bertz CT molecular complexity index is 699. The number of carbonyl (C=O) groups excluding carboxylic acids is 2. The summed E-state index contributed by atoms with van der Waals surface area (Å²) in [6.07, 6.45) is 3.28. The number of urea groups is 1. The molecule has 7 nitrogen and oxygen atoms in total. The third kappa shape index (κ3) is 4.77. The van der Waals surface area contributed by atoms with Crippen molar-refractivity contribution in [3.05, 3.63) is 29.8 Å². The van der Waals surface area contributed by atoms with E-state index in [-0.39, 0.29) is 23.9 Å². The molecule has 1 aromatic rings. The van der Waals surface area contributed by atoms with Gasteiger partial charge in [-0.05, 0) is 49.9 Å². The fourth-order valence-corrected chi connectivity index (χ4v) is 3.61. The van der Waals surface area contributed by atoms with Gasteiger partial charge < -0.3 is 19.9 Å². The Morgan fingerprint density at radius 3 is 2.52 bits per heavy atom. The summed E-state index contributed by atoms with van der Waals surface area (Å²) in [5, 5.41) is 11.7. The first-order chi connectivity index (χ1) is 13.1. The molecule has 3 amide bonds. The average Bonchev–Trinajstić information content (AvgIpc) is 2.74. The Labute approximate surface area is 159 Å². The molecule has 2 saturated heterocycles. The molecule has 2 aliphatic heterocycles. The molecule has 27 heavy (non-hydrogen) atoms. The molecule has 2 aliphatic rings. The highest BCUT2D eigenvalue weighted by Crippen LogP contribution is 2.22. The van der Waals surface area contributed by atoms with E-state index in [1.807, 2.05) is 11.9 Å². The van der Waals surface area contributed by atoms with Crippen molar-refractivity contribution in [3.63, 3.8) is 0 Å². The Kier molecular flexibility index (Phi) is 6.30. The van der Waals surface area contributed by atoms with Gasteiger partial charge in [0, 0.05) is 38.3 Å². The lowest BCUT2D eigenvalue weighted by Gasteiger charge is -2.38. The lowest BCUT2D eigenvalue weighted by Crippen LogP contribution is -2.51. The number of likely N-dealkylation sites (N-methyl/N-ethyl adjacent to an activating group) is 1. The maximum absolute atomic E-state index is 12.7. The first-order valence-corrected chi connectivity index (χ1v) is 9.49. The molecule has 1 atom stereocenters. The first kappa shape index (κ1) is 19.2. The van der Waals surface area contributed by atoms with Gasteiger partial charge in [-0.2, -0.15) is 5.26 Å². The van der Waals surface area contributed by atoms with E-state index in [1.165, 1.54) is 0 Å². The highest BCUT2D eigenvalue weighted by molar-refractivity contribution is 5.92. The van der Waals surface area contributed by atoms with Gasteiger partial charge in [0.1, 0.15) is 0 Å². The van der Waals surface area contributed by atoms with Crippen molar-refractivity contribution in [2.45, 2.75) is 31.7 Å². The second-order valence-electron chi connectivity index (χ2n) is 7.20. The summed E-state index contributed by atoms with van der Waals surface area (Å²) >= 11 is 0. The van der Waals surface area contributed by atoms with Gasteiger partial charge >= 0.3 is 6.03 Å². The summed E-state index contributed by atoms with van der Waals surface area (Å²) in [5.41, 5.74) is 1.25. The van der Waals surface area contributed by atoms with Crippen molar-refractivity contribution >= 4 is 17.6 Å². The van der Waals surface area contributed by atoms with Crippen molar-refractivity contribution in [2.75, 3.05) is 38.7 Å². The van der Waals surface area contributed by atoms with Crippen LogP contribution in [0.5, 0.6) is 0 Å². The van der Waals surface area contributed by atoms with Crippen molar-refractivity contribution in [1.29, 1.82) is 5.26 Å². The van der Waals surface area contributed by atoms with Crippen LogP contribution in [0.3, 0.4) is 0 Å². The molecule has 0 aliphatic carbocycles. The van der Waals surface area contributed by atoms with Crippen LogP contribution in [0, 0.1) is 17.2 Å². The fourth-order valence-electron chi connectivity index (χ4n) is 3.61. The zero-order valence-corrected chi connectivity index (χ0v) is 15.7. The summed E-state index contributed by atoms with van der Waals surface area (Å²) in [7, 11) is 1.84. The van der Waals surface area contributed by atoms with Gasteiger partial charge in [0.25, 0.3) is 0 Å². The molecule has 0 spiro atoms. The minimum Gasteiger partial charge on any atom is -0.379 e. The molecule has 1 unspecified atom stereocenters. The van der Waals surface area contributed by atoms with Gasteiger partial charge in [-0.3, -0.25) is 4.79 Å². The van der Waals surface area contributed by atoms with Gasteiger partial charge in [0.15, 0.2) is 0 Å². The third-order valence-electron chi connectivity index (χ3n) is 5.40. The number of nitrogens with zero attached hydrogens (tertiary/aromatic N) is 3. The molecule has 7 heteroatoms. The number of likely N-dealkylation sites (tertiary alicyclic amines) is 1. The summed E-state index contributed by atoms with van der Waals surface area (Å²) in [5.74, 6) is -0.131. The minimum absolute atomic E-state index is 0.0245. The van der Waals surface area contributed by atoms with Crippen LogP contribution >= 0.6 is 0 Å². The zero-order valence-electron chi connectivity index (χ0n) is 15.7. The molecule has 3 rings (SSSR count). The van der Waals surface area contributed by atoms with E-state index < -0.39 is 0 Å². The number of nitriles is 1. The lowest BCUT2D eigenvalue weighted by atomic mass is 9.96. The van der Waals surface area contributed by atoms with Crippen molar-refractivity contribution in [2.24, 2.45) is 5.92 Å². The number of benzene rings is 1. The average molecular weight is 370 g/mol. The van der Waals surface area contributed by atoms with Crippen molar-refractivity contribution < 1.29 is 14.3 Å². The monoisotopic (exact) mass is 370 g/mol. The normalized spacial score (nSPS) is 20.6. The number of rotatable bonds is 3. The van der Waals surface area contributed by atoms with Gasteiger partial charge in [0.05, 0.1) is 24.3 Å². The number of amides is 3. The van der Waals surface area contributed by atoms with E-state index in [9.17, 15) is 9.59 Å². The summed E-state index contributed by atoms with van der Waals surface area (Å²) in [6, 6.07) is 9.05. The fraction of sp³-hybridized carbons (Fsp3) is 0.550. The van der Waals surface area contributed by atoms with E-state index in [1.54, 1.807) is 29.2 Å². The molecule has 1 aromatic carbocycles. The highest BCUT2D eigenvalue weighted by atomic mass is 16.5. The van der Waals surface area contributed by atoms with Crippen LogP contribution in [0.1, 0.15) is 31.2 Å². The van der Waals surface area contributed by atoms with E-state index in [0.717, 1.165) is 19.4 Å². The van der Waals surface area contributed by atoms with Crippen LogP contribution in [-0.2, 0) is 9.53 Å². The molecular weight excluding hydrogens is 344 g/mol. The van der Waals surface area contributed by atoms with E-state index in [0.29, 0.717) is 43.8 Å². The van der Waals surface area contributed by atoms with Crippen LogP contribution in [0.2, 0.25) is 0 Å². The van der Waals surface area contributed by atoms with E-state index in [2.05, 4.69) is 11.4 Å². The van der Waals surface area contributed by atoms with Crippen LogP contribution in [-0.4, -0.2) is 61.1 Å². The summed E-state index contributed by atoms with van der Waals surface area (Å²) in [4.78, 5) is 28.8. The van der Waals surface area contributed by atoms with Gasteiger partial charge in [-0.1, -0.05) is 0 Å². The van der Waals surface area contributed by atoms with Crippen LogP contribution in [0.15, 0.2) is 24.3 Å². The van der Waals surface area contributed by atoms with Gasteiger partial charge in [-0.15, -0.1) is 0 Å².